The number of pyridine rings is 1. The summed E-state index contributed by atoms with van der Waals surface area (Å²) in [7, 11) is 0. The number of hydrogen-bond donors (Lipinski definition) is 2. The maximum Gasteiger partial charge on any atom is 0.387 e. The third-order valence-electron chi connectivity index (χ3n) is 5.29. The predicted molar refractivity (Wildman–Crippen MR) is 104 cm³/mol. The molecule has 0 aliphatic carbocycles. The largest absolute Gasteiger partial charge is 0.492 e. The van der Waals surface area contributed by atoms with E-state index in [1.165, 1.54) is 6.07 Å². The van der Waals surface area contributed by atoms with Crippen LogP contribution in [0.2, 0.25) is 0 Å². The minimum absolute atomic E-state index is 0.121. The average molecular weight is 387 g/mol. The van der Waals surface area contributed by atoms with Gasteiger partial charge in [-0.25, -0.2) is 4.98 Å². The number of fused-ring (bicyclic) bond motifs is 1. The van der Waals surface area contributed by atoms with Gasteiger partial charge >= 0.3 is 6.61 Å². The lowest BCUT2D eigenvalue weighted by atomic mass is 9.82. The van der Waals surface area contributed by atoms with E-state index in [9.17, 15) is 8.78 Å². The maximum absolute atomic E-state index is 12.6. The van der Waals surface area contributed by atoms with Gasteiger partial charge < -0.3 is 19.8 Å². The Kier molecular flexibility index (Phi) is 5.17. The van der Waals surface area contributed by atoms with Gasteiger partial charge in [-0.05, 0) is 49.7 Å². The van der Waals surface area contributed by atoms with Crippen molar-refractivity contribution in [3.63, 3.8) is 0 Å². The molecule has 1 aliphatic rings. The van der Waals surface area contributed by atoms with Crippen molar-refractivity contribution in [2.75, 3.05) is 19.7 Å². The summed E-state index contributed by atoms with van der Waals surface area (Å²) < 4.78 is 35.9. The first-order valence-corrected chi connectivity index (χ1v) is 9.39. The normalized spacial score (nSPS) is 16.4. The molecule has 0 spiro atoms. The van der Waals surface area contributed by atoms with Crippen LogP contribution in [0.1, 0.15) is 19.8 Å². The Hall–Kier alpha value is -2.67. The molecule has 0 saturated carbocycles. The molecule has 2 aromatic heterocycles. The molecule has 1 fully saturated rings. The zero-order valence-electron chi connectivity index (χ0n) is 15.7. The van der Waals surface area contributed by atoms with Crippen LogP contribution in [0.5, 0.6) is 11.5 Å². The van der Waals surface area contributed by atoms with Crippen LogP contribution in [0.4, 0.5) is 8.78 Å². The molecular weight excluding hydrogens is 364 g/mol. The van der Waals surface area contributed by atoms with Gasteiger partial charge in [0.2, 0.25) is 0 Å². The molecule has 148 valence electrons. The Balaban J connectivity index is 1.65. The van der Waals surface area contributed by atoms with Crippen LogP contribution in [0.3, 0.4) is 0 Å². The second-order valence-corrected chi connectivity index (χ2v) is 7.49. The van der Waals surface area contributed by atoms with Gasteiger partial charge in [0.05, 0.1) is 12.0 Å². The summed E-state index contributed by atoms with van der Waals surface area (Å²) >= 11 is 0. The maximum atomic E-state index is 12.6. The molecule has 1 aromatic carbocycles. The van der Waals surface area contributed by atoms with E-state index in [-0.39, 0.29) is 11.2 Å². The topological polar surface area (TPSA) is 59.2 Å². The molecule has 4 rings (SSSR count). The van der Waals surface area contributed by atoms with Crippen molar-refractivity contribution in [3.8, 4) is 22.6 Å². The summed E-state index contributed by atoms with van der Waals surface area (Å²) in [5, 5.41) is 4.22. The van der Waals surface area contributed by atoms with E-state index in [0.29, 0.717) is 12.3 Å². The molecule has 0 amide bonds. The van der Waals surface area contributed by atoms with Gasteiger partial charge in [-0.2, -0.15) is 8.78 Å². The number of aromatic amines is 1. The van der Waals surface area contributed by atoms with Crippen LogP contribution in [0.15, 0.2) is 42.7 Å². The van der Waals surface area contributed by atoms with Crippen molar-refractivity contribution in [1.29, 1.82) is 0 Å². The number of ether oxygens (including phenoxy) is 2. The fourth-order valence-corrected chi connectivity index (χ4v) is 3.64. The second kappa shape index (κ2) is 7.75. The zero-order chi connectivity index (χ0) is 19.6. The summed E-state index contributed by atoms with van der Waals surface area (Å²) in [6.07, 6.45) is 5.65. The van der Waals surface area contributed by atoms with E-state index in [1.807, 2.05) is 18.3 Å². The molecule has 0 radical (unpaired) electrons. The Bertz CT molecular complexity index is 952. The third-order valence-corrected chi connectivity index (χ3v) is 5.29. The Morgan fingerprint density at radius 2 is 2.04 bits per heavy atom. The highest BCUT2D eigenvalue weighted by Crippen LogP contribution is 2.37. The van der Waals surface area contributed by atoms with Gasteiger partial charge in [0, 0.05) is 23.4 Å². The zero-order valence-corrected chi connectivity index (χ0v) is 15.7. The van der Waals surface area contributed by atoms with Gasteiger partial charge in [0.1, 0.15) is 17.1 Å². The first-order valence-electron chi connectivity index (χ1n) is 9.39. The lowest BCUT2D eigenvalue weighted by Gasteiger charge is -2.33. The van der Waals surface area contributed by atoms with E-state index in [4.69, 9.17) is 4.74 Å². The molecule has 0 atom stereocenters. The molecule has 7 heteroatoms. The highest BCUT2D eigenvalue weighted by Gasteiger charge is 2.28. The quantitative estimate of drug-likeness (QED) is 0.649. The standard InChI is InChI=1S/C21H23F2N3O2/c1-21(6-9-24-10-7-21)13-27-17-5-8-25-19-18(17)16(12-26-19)14-3-2-4-15(11-14)28-20(22)23/h2-5,8,11-12,20,24H,6-7,9-10,13H2,1H3,(H,25,26). The van der Waals surface area contributed by atoms with Crippen molar-refractivity contribution in [1.82, 2.24) is 15.3 Å². The van der Waals surface area contributed by atoms with Crippen molar-refractivity contribution in [2.24, 2.45) is 5.41 Å². The number of nitrogens with one attached hydrogen (secondary N) is 2. The van der Waals surface area contributed by atoms with Crippen LogP contribution in [-0.4, -0.2) is 36.3 Å². The molecule has 28 heavy (non-hydrogen) atoms. The van der Waals surface area contributed by atoms with Gasteiger partial charge in [0.25, 0.3) is 0 Å². The summed E-state index contributed by atoms with van der Waals surface area (Å²) in [4.78, 5) is 7.52. The number of aromatic nitrogens is 2. The number of rotatable bonds is 6. The number of halogens is 2. The minimum atomic E-state index is -2.86. The first-order chi connectivity index (χ1) is 13.5. The highest BCUT2D eigenvalue weighted by atomic mass is 19.3. The molecule has 2 N–H and O–H groups in total. The average Bonchev–Trinajstić information content (AvgIpc) is 3.11. The number of hydrogen-bond acceptors (Lipinski definition) is 4. The lowest BCUT2D eigenvalue weighted by molar-refractivity contribution is -0.0498. The Morgan fingerprint density at radius 3 is 2.82 bits per heavy atom. The van der Waals surface area contributed by atoms with E-state index < -0.39 is 6.61 Å². The van der Waals surface area contributed by atoms with Crippen LogP contribution in [0, 0.1) is 5.41 Å². The second-order valence-electron chi connectivity index (χ2n) is 7.49. The monoisotopic (exact) mass is 387 g/mol. The minimum Gasteiger partial charge on any atom is -0.492 e. The highest BCUT2D eigenvalue weighted by molar-refractivity contribution is 5.98. The van der Waals surface area contributed by atoms with Crippen molar-refractivity contribution >= 4 is 11.0 Å². The molecule has 0 unspecified atom stereocenters. The lowest BCUT2D eigenvalue weighted by Crippen LogP contribution is -2.38. The Labute approximate surface area is 162 Å². The molecule has 3 aromatic rings. The molecule has 1 aliphatic heterocycles. The summed E-state index contributed by atoms with van der Waals surface area (Å²) in [5.74, 6) is 0.858. The van der Waals surface area contributed by atoms with Crippen molar-refractivity contribution < 1.29 is 18.3 Å². The van der Waals surface area contributed by atoms with Crippen molar-refractivity contribution in [2.45, 2.75) is 26.4 Å². The van der Waals surface area contributed by atoms with Gasteiger partial charge in [-0.1, -0.05) is 19.1 Å². The Morgan fingerprint density at radius 1 is 1.21 bits per heavy atom. The SMILES string of the molecule is CC1(COc2ccnc3[nH]cc(-c4cccc(OC(F)F)c4)c23)CCNCC1. The van der Waals surface area contributed by atoms with E-state index >= 15 is 0 Å². The van der Waals surface area contributed by atoms with Crippen LogP contribution < -0.4 is 14.8 Å². The molecule has 3 heterocycles. The fraction of sp³-hybridized carbons (Fsp3) is 0.381. The van der Waals surface area contributed by atoms with Crippen LogP contribution >= 0.6 is 0 Å². The summed E-state index contributed by atoms with van der Waals surface area (Å²) in [6.45, 7) is 2.00. The van der Waals surface area contributed by atoms with E-state index in [2.05, 4.69) is 26.9 Å². The van der Waals surface area contributed by atoms with E-state index in [0.717, 1.165) is 48.2 Å². The number of nitrogens with zero attached hydrogens (tertiary/aromatic N) is 1. The van der Waals surface area contributed by atoms with Crippen LogP contribution in [0.25, 0.3) is 22.2 Å². The van der Waals surface area contributed by atoms with E-state index in [1.54, 1.807) is 18.3 Å². The number of benzene rings is 1. The first kappa shape index (κ1) is 18.7. The number of H-pyrrole nitrogens is 1. The summed E-state index contributed by atoms with van der Waals surface area (Å²) in [5.41, 5.74) is 2.43. The smallest absolute Gasteiger partial charge is 0.387 e. The molecule has 0 bridgehead atoms. The molecule has 1 saturated heterocycles. The van der Waals surface area contributed by atoms with Gasteiger partial charge in [0.15, 0.2) is 0 Å². The fourth-order valence-electron chi connectivity index (χ4n) is 3.64. The molecule has 5 nitrogen and oxygen atoms in total. The van der Waals surface area contributed by atoms with Crippen LogP contribution in [-0.2, 0) is 0 Å². The number of alkyl halides is 2. The third kappa shape index (κ3) is 3.94. The van der Waals surface area contributed by atoms with Crippen molar-refractivity contribution in [3.05, 3.63) is 42.7 Å². The molecular formula is C21H23F2N3O2. The van der Waals surface area contributed by atoms with Gasteiger partial charge in [-0.15, -0.1) is 0 Å². The summed E-state index contributed by atoms with van der Waals surface area (Å²) in [6, 6.07) is 8.51. The predicted octanol–water partition coefficient (Wildman–Crippen LogP) is 4.60. The van der Waals surface area contributed by atoms with Gasteiger partial charge in [-0.3, -0.25) is 0 Å². The number of piperidine rings is 1.